The zero-order valence-corrected chi connectivity index (χ0v) is 12.4. The van der Waals surface area contributed by atoms with Crippen molar-refractivity contribution in [3.05, 3.63) is 53.2 Å². The van der Waals surface area contributed by atoms with Crippen LogP contribution in [0.25, 0.3) is 0 Å². The molecule has 2 rings (SSSR count). The Kier molecular flexibility index (Phi) is 5.26. The lowest BCUT2D eigenvalue weighted by atomic mass is 10.1. The van der Waals surface area contributed by atoms with E-state index < -0.39 is 0 Å². The molecular formula is C16H20N4O. The van der Waals surface area contributed by atoms with Crippen molar-refractivity contribution in [3.63, 3.8) is 0 Å². The first-order chi connectivity index (χ1) is 10.2. The normalized spacial score (nSPS) is 10.2. The van der Waals surface area contributed by atoms with E-state index in [2.05, 4.69) is 27.8 Å². The van der Waals surface area contributed by atoms with Gasteiger partial charge >= 0.3 is 0 Å². The van der Waals surface area contributed by atoms with Crippen molar-refractivity contribution in [2.75, 3.05) is 18.4 Å². The molecule has 5 nitrogen and oxygen atoms in total. The highest BCUT2D eigenvalue weighted by Crippen LogP contribution is 2.05. The molecule has 2 aromatic rings. The molecule has 21 heavy (non-hydrogen) atoms. The van der Waals surface area contributed by atoms with Crippen molar-refractivity contribution in [1.82, 2.24) is 15.5 Å². The first-order valence-corrected chi connectivity index (χ1v) is 7.10. The van der Waals surface area contributed by atoms with Gasteiger partial charge < -0.3 is 10.6 Å². The molecule has 1 aromatic heterocycles. The molecule has 110 valence electrons. The van der Waals surface area contributed by atoms with Gasteiger partial charge in [-0.3, -0.25) is 4.79 Å². The Morgan fingerprint density at radius 2 is 1.81 bits per heavy atom. The number of hydrogen-bond acceptors (Lipinski definition) is 4. The van der Waals surface area contributed by atoms with Gasteiger partial charge in [0, 0.05) is 18.7 Å². The molecule has 0 aliphatic rings. The number of aryl methyl sites for hydroxylation is 2. The van der Waals surface area contributed by atoms with E-state index in [1.54, 1.807) is 0 Å². The van der Waals surface area contributed by atoms with Gasteiger partial charge in [-0.1, -0.05) is 19.1 Å². The van der Waals surface area contributed by atoms with Crippen LogP contribution in [0.15, 0.2) is 36.4 Å². The number of rotatable bonds is 6. The smallest absolute Gasteiger partial charge is 0.251 e. The minimum Gasteiger partial charge on any atom is -0.367 e. The molecular weight excluding hydrogens is 264 g/mol. The summed E-state index contributed by atoms with van der Waals surface area (Å²) in [6, 6.07) is 11.4. The fourth-order valence-electron chi connectivity index (χ4n) is 1.85. The van der Waals surface area contributed by atoms with Gasteiger partial charge in [-0.25, -0.2) is 0 Å². The number of aromatic nitrogens is 2. The van der Waals surface area contributed by atoms with Crippen molar-refractivity contribution in [1.29, 1.82) is 0 Å². The van der Waals surface area contributed by atoms with Gasteiger partial charge in [-0.05, 0) is 43.2 Å². The summed E-state index contributed by atoms with van der Waals surface area (Å²) in [4.78, 5) is 11.9. The minimum absolute atomic E-state index is 0.0607. The van der Waals surface area contributed by atoms with Crippen LogP contribution in [-0.4, -0.2) is 29.2 Å². The molecule has 0 spiro atoms. The highest BCUT2D eigenvalue weighted by atomic mass is 16.1. The summed E-state index contributed by atoms with van der Waals surface area (Å²) in [6.07, 6.45) is 0.976. The van der Waals surface area contributed by atoms with Crippen molar-refractivity contribution < 1.29 is 4.79 Å². The Labute approximate surface area is 124 Å². The van der Waals surface area contributed by atoms with Crippen LogP contribution in [0.3, 0.4) is 0 Å². The highest BCUT2D eigenvalue weighted by Gasteiger charge is 2.04. The van der Waals surface area contributed by atoms with E-state index in [-0.39, 0.29) is 5.91 Å². The Bertz CT molecular complexity index is 578. The average molecular weight is 284 g/mol. The maximum atomic E-state index is 11.9. The number of carbonyl (C=O) groups excluding carboxylic acids is 1. The molecule has 0 aliphatic carbocycles. The second-order valence-electron chi connectivity index (χ2n) is 4.79. The van der Waals surface area contributed by atoms with Gasteiger partial charge in [0.2, 0.25) is 0 Å². The van der Waals surface area contributed by atoms with Gasteiger partial charge in [-0.15, -0.1) is 5.10 Å². The number of carbonyl (C=O) groups is 1. The molecule has 0 aliphatic heterocycles. The van der Waals surface area contributed by atoms with Crippen LogP contribution in [0, 0.1) is 6.92 Å². The van der Waals surface area contributed by atoms with E-state index in [1.165, 1.54) is 5.56 Å². The molecule has 0 fully saturated rings. The zero-order chi connectivity index (χ0) is 15.1. The number of hydrogen-bond donors (Lipinski definition) is 2. The van der Waals surface area contributed by atoms with Gasteiger partial charge in [0.05, 0.1) is 5.69 Å². The highest BCUT2D eigenvalue weighted by molar-refractivity contribution is 5.94. The Morgan fingerprint density at radius 3 is 2.43 bits per heavy atom. The summed E-state index contributed by atoms with van der Waals surface area (Å²) in [5, 5.41) is 13.9. The van der Waals surface area contributed by atoms with Crippen LogP contribution < -0.4 is 10.6 Å². The van der Waals surface area contributed by atoms with Gasteiger partial charge in [0.1, 0.15) is 5.82 Å². The van der Waals surface area contributed by atoms with E-state index in [4.69, 9.17) is 0 Å². The molecule has 0 bridgehead atoms. The topological polar surface area (TPSA) is 66.9 Å². The zero-order valence-electron chi connectivity index (χ0n) is 12.4. The predicted molar refractivity (Wildman–Crippen MR) is 83.4 cm³/mol. The summed E-state index contributed by atoms with van der Waals surface area (Å²) in [6.45, 7) is 5.12. The van der Waals surface area contributed by atoms with Crippen LogP contribution in [0.2, 0.25) is 0 Å². The lowest BCUT2D eigenvalue weighted by molar-refractivity contribution is 0.0955. The van der Waals surface area contributed by atoms with Gasteiger partial charge in [0.15, 0.2) is 0 Å². The summed E-state index contributed by atoms with van der Waals surface area (Å²) in [5.41, 5.74) is 2.79. The van der Waals surface area contributed by atoms with E-state index in [0.29, 0.717) is 24.5 Å². The van der Waals surface area contributed by atoms with E-state index in [0.717, 1.165) is 12.1 Å². The largest absolute Gasteiger partial charge is 0.367 e. The third-order valence-corrected chi connectivity index (χ3v) is 3.14. The number of benzene rings is 1. The molecule has 5 heteroatoms. The summed E-state index contributed by atoms with van der Waals surface area (Å²) in [7, 11) is 0. The maximum absolute atomic E-state index is 11.9. The first kappa shape index (κ1) is 15.0. The van der Waals surface area contributed by atoms with E-state index in [9.17, 15) is 4.79 Å². The average Bonchev–Trinajstić information content (AvgIpc) is 2.53. The molecule has 0 atom stereocenters. The SMILES string of the molecule is CCc1ccc(C(=O)NCCNc2ccc(C)nn2)cc1. The third-order valence-electron chi connectivity index (χ3n) is 3.14. The van der Waals surface area contributed by atoms with Crippen LogP contribution >= 0.6 is 0 Å². The second kappa shape index (κ2) is 7.38. The van der Waals surface area contributed by atoms with Crippen molar-refractivity contribution >= 4 is 11.7 Å². The van der Waals surface area contributed by atoms with Crippen molar-refractivity contribution in [3.8, 4) is 0 Å². The Morgan fingerprint density at radius 1 is 1.05 bits per heavy atom. The molecule has 1 aromatic carbocycles. The van der Waals surface area contributed by atoms with E-state index >= 15 is 0 Å². The lowest BCUT2D eigenvalue weighted by Crippen LogP contribution is -2.28. The Hall–Kier alpha value is -2.43. The third kappa shape index (κ3) is 4.56. The molecule has 0 unspecified atom stereocenters. The fraction of sp³-hybridized carbons (Fsp3) is 0.312. The maximum Gasteiger partial charge on any atom is 0.251 e. The second-order valence-corrected chi connectivity index (χ2v) is 4.79. The van der Waals surface area contributed by atoms with Gasteiger partial charge in [-0.2, -0.15) is 5.10 Å². The molecule has 2 N–H and O–H groups in total. The standard InChI is InChI=1S/C16H20N4O/c1-3-13-5-7-14(8-6-13)16(21)18-11-10-17-15-9-4-12(2)19-20-15/h4-9H,3,10-11H2,1-2H3,(H,17,20)(H,18,21). The molecule has 0 radical (unpaired) electrons. The molecule has 0 saturated carbocycles. The summed E-state index contributed by atoms with van der Waals surface area (Å²) >= 11 is 0. The van der Waals surface area contributed by atoms with Crippen LogP contribution in [-0.2, 0) is 6.42 Å². The van der Waals surface area contributed by atoms with E-state index in [1.807, 2.05) is 43.3 Å². The van der Waals surface area contributed by atoms with Crippen LogP contribution in [0.1, 0.15) is 28.5 Å². The molecule has 1 heterocycles. The number of nitrogens with zero attached hydrogens (tertiary/aromatic N) is 2. The summed E-state index contributed by atoms with van der Waals surface area (Å²) < 4.78 is 0. The quantitative estimate of drug-likeness (QED) is 0.798. The molecule has 0 saturated heterocycles. The Balaban J connectivity index is 1.74. The number of nitrogens with one attached hydrogen (secondary N) is 2. The van der Waals surface area contributed by atoms with Crippen molar-refractivity contribution in [2.24, 2.45) is 0 Å². The van der Waals surface area contributed by atoms with Crippen LogP contribution in [0.5, 0.6) is 0 Å². The number of anilines is 1. The van der Waals surface area contributed by atoms with Crippen LogP contribution in [0.4, 0.5) is 5.82 Å². The van der Waals surface area contributed by atoms with Crippen molar-refractivity contribution in [2.45, 2.75) is 20.3 Å². The monoisotopic (exact) mass is 284 g/mol. The summed E-state index contributed by atoms with van der Waals surface area (Å²) in [5.74, 6) is 0.650. The van der Waals surface area contributed by atoms with Gasteiger partial charge in [0.25, 0.3) is 5.91 Å². The fourth-order valence-corrected chi connectivity index (χ4v) is 1.85. The first-order valence-electron chi connectivity index (χ1n) is 7.10. The lowest BCUT2D eigenvalue weighted by Gasteiger charge is -2.07. The predicted octanol–water partition coefficient (Wildman–Crippen LogP) is 2.19. The minimum atomic E-state index is -0.0607. The number of amides is 1. The molecule has 1 amide bonds.